The van der Waals surface area contributed by atoms with Crippen molar-refractivity contribution in [2.24, 2.45) is 0 Å². The SMILES string of the molecule is CC(C)NC(=O)NCC(c1cccnc1)c1c[nH]c2ccccc12. The Morgan fingerprint density at radius 1 is 1.21 bits per heavy atom. The zero-order valence-corrected chi connectivity index (χ0v) is 13.9. The zero-order chi connectivity index (χ0) is 16.9. The molecular formula is C19H22N4O. The van der Waals surface area contributed by atoms with E-state index in [1.54, 1.807) is 6.20 Å². The van der Waals surface area contributed by atoms with E-state index in [4.69, 9.17) is 0 Å². The first kappa shape index (κ1) is 16.1. The predicted molar refractivity (Wildman–Crippen MR) is 96.0 cm³/mol. The Balaban J connectivity index is 1.90. The molecule has 124 valence electrons. The molecule has 2 aromatic heterocycles. The number of para-hydroxylation sites is 1. The van der Waals surface area contributed by atoms with Crippen LogP contribution in [0, 0.1) is 0 Å². The van der Waals surface area contributed by atoms with Gasteiger partial charge in [-0.05, 0) is 37.1 Å². The molecule has 0 saturated heterocycles. The van der Waals surface area contributed by atoms with E-state index in [2.05, 4.69) is 32.7 Å². The number of pyridine rings is 1. The van der Waals surface area contributed by atoms with Crippen LogP contribution in [0.5, 0.6) is 0 Å². The van der Waals surface area contributed by atoms with E-state index in [0.717, 1.165) is 22.0 Å². The number of aromatic amines is 1. The zero-order valence-electron chi connectivity index (χ0n) is 13.9. The Bertz CT molecular complexity index is 810. The number of carbonyl (C=O) groups is 1. The van der Waals surface area contributed by atoms with Crippen molar-refractivity contribution in [3.05, 3.63) is 66.1 Å². The number of fused-ring (bicyclic) bond motifs is 1. The molecule has 0 aliphatic rings. The molecule has 3 N–H and O–H groups in total. The highest BCUT2D eigenvalue weighted by Gasteiger charge is 2.19. The van der Waals surface area contributed by atoms with E-state index in [9.17, 15) is 4.79 Å². The molecule has 0 saturated carbocycles. The molecule has 5 nitrogen and oxygen atoms in total. The molecule has 0 spiro atoms. The van der Waals surface area contributed by atoms with Gasteiger partial charge in [0, 0.05) is 48.0 Å². The first-order valence-electron chi connectivity index (χ1n) is 8.15. The monoisotopic (exact) mass is 322 g/mol. The maximum atomic E-state index is 12.0. The average Bonchev–Trinajstić information content (AvgIpc) is 3.00. The Morgan fingerprint density at radius 2 is 2.04 bits per heavy atom. The van der Waals surface area contributed by atoms with Gasteiger partial charge in [-0.1, -0.05) is 24.3 Å². The number of urea groups is 1. The normalized spacial score (nSPS) is 12.3. The van der Waals surface area contributed by atoms with Crippen LogP contribution in [0.1, 0.15) is 30.9 Å². The molecule has 3 aromatic rings. The molecule has 1 unspecified atom stereocenters. The number of nitrogens with zero attached hydrogens (tertiary/aromatic N) is 1. The van der Waals surface area contributed by atoms with Gasteiger partial charge in [0.1, 0.15) is 0 Å². The maximum Gasteiger partial charge on any atom is 0.315 e. The highest BCUT2D eigenvalue weighted by Crippen LogP contribution is 2.30. The number of rotatable bonds is 5. The van der Waals surface area contributed by atoms with Crippen molar-refractivity contribution < 1.29 is 4.79 Å². The van der Waals surface area contributed by atoms with Gasteiger partial charge in [-0.25, -0.2) is 4.79 Å². The molecule has 0 fully saturated rings. The van der Waals surface area contributed by atoms with E-state index < -0.39 is 0 Å². The summed E-state index contributed by atoms with van der Waals surface area (Å²) < 4.78 is 0. The minimum atomic E-state index is -0.154. The molecule has 1 atom stereocenters. The molecule has 3 rings (SSSR count). The lowest BCUT2D eigenvalue weighted by Crippen LogP contribution is -2.41. The topological polar surface area (TPSA) is 69.8 Å². The van der Waals surface area contributed by atoms with Gasteiger partial charge in [-0.15, -0.1) is 0 Å². The fourth-order valence-electron chi connectivity index (χ4n) is 2.88. The summed E-state index contributed by atoms with van der Waals surface area (Å²) in [7, 11) is 0. The summed E-state index contributed by atoms with van der Waals surface area (Å²) >= 11 is 0. The number of hydrogen-bond acceptors (Lipinski definition) is 2. The number of H-pyrrole nitrogens is 1. The van der Waals surface area contributed by atoms with Crippen LogP contribution in [0.2, 0.25) is 0 Å². The summed E-state index contributed by atoms with van der Waals surface area (Å²) in [5.41, 5.74) is 3.32. The van der Waals surface area contributed by atoms with Crippen LogP contribution >= 0.6 is 0 Å². The third-order valence-corrected chi connectivity index (χ3v) is 3.97. The van der Waals surface area contributed by atoms with E-state index in [-0.39, 0.29) is 18.0 Å². The lowest BCUT2D eigenvalue weighted by atomic mass is 9.92. The average molecular weight is 322 g/mol. The van der Waals surface area contributed by atoms with Crippen molar-refractivity contribution in [3.8, 4) is 0 Å². The van der Waals surface area contributed by atoms with Gasteiger partial charge in [0.15, 0.2) is 0 Å². The van der Waals surface area contributed by atoms with Gasteiger partial charge in [-0.2, -0.15) is 0 Å². The van der Waals surface area contributed by atoms with Crippen LogP contribution in [0.3, 0.4) is 0 Å². The van der Waals surface area contributed by atoms with Gasteiger partial charge >= 0.3 is 6.03 Å². The lowest BCUT2D eigenvalue weighted by Gasteiger charge is -2.18. The van der Waals surface area contributed by atoms with E-state index in [1.807, 2.05) is 50.5 Å². The van der Waals surface area contributed by atoms with Crippen molar-refractivity contribution in [1.82, 2.24) is 20.6 Å². The molecule has 5 heteroatoms. The molecule has 0 bridgehead atoms. The molecule has 0 aliphatic heterocycles. The molecule has 0 radical (unpaired) electrons. The predicted octanol–water partition coefficient (Wildman–Crippen LogP) is 3.40. The van der Waals surface area contributed by atoms with Crippen LogP contribution in [-0.2, 0) is 0 Å². The number of hydrogen-bond donors (Lipinski definition) is 3. The fraction of sp³-hybridized carbons (Fsp3) is 0.263. The fourth-order valence-corrected chi connectivity index (χ4v) is 2.88. The summed E-state index contributed by atoms with van der Waals surface area (Å²) in [6.45, 7) is 4.39. The third-order valence-electron chi connectivity index (χ3n) is 3.97. The van der Waals surface area contributed by atoms with Crippen LogP contribution in [0.4, 0.5) is 4.79 Å². The number of aromatic nitrogens is 2. The van der Waals surface area contributed by atoms with Crippen LogP contribution in [0.15, 0.2) is 55.0 Å². The smallest absolute Gasteiger partial charge is 0.315 e. The number of carbonyl (C=O) groups excluding carboxylic acids is 1. The molecule has 2 amide bonds. The van der Waals surface area contributed by atoms with Gasteiger partial charge in [0.25, 0.3) is 0 Å². The summed E-state index contributed by atoms with van der Waals surface area (Å²) in [5, 5.41) is 7.00. The van der Waals surface area contributed by atoms with Gasteiger partial charge < -0.3 is 15.6 Å². The number of nitrogens with one attached hydrogen (secondary N) is 3. The van der Waals surface area contributed by atoms with E-state index in [0.29, 0.717) is 6.54 Å². The largest absolute Gasteiger partial charge is 0.361 e. The van der Waals surface area contributed by atoms with E-state index in [1.165, 1.54) is 0 Å². The first-order valence-corrected chi connectivity index (χ1v) is 8.15. The van der Waals surface area contributed by atoms with Crippen molar-refractivity contribution in [2.45, 2.75) is 25.8 Å². The van der Waals surface area contributed by atoms with Crippen LogP contribution in [0.25, 0.3) is 10.9 Å². The Kier molecular flexibility index (Phi) is 4.79. The summed E-state index contributed by atoms with van der Waals surface area (Å²) in [5.74, 6) is 0.0350. The Labute approximate surface area is 141 Å². The highest BCUT2D eigenvalue weighted by atomic mass is 16.2. The van der Waals surface area contributed by atoms with Gasteiger partial charge in [-0.3, -0.25) is 4.98 Å². The van der Waals surface area contributed by atoms with Crippen molar-refractivity contribution >= 4 is 16.9 Å². The van der Waals surface area contributed by atoms with Crippen LogP contribution in [-0.4, -0.2) is 28.6 Å². The Hall–Kier alpha value is -2.82. The van der Waals surface area contributed by atoms with E-state index >= 15 is 0 Å². The number of benzene rings is 1. The van der Waals surface area contributed by atoms with Crippen molar-refractivity contribution in [2.75, 3.05) is 6.54 Å². The molecular weight excluding hydrogens is 300 g/mol. The second-order valence-electron chi connectivity index (χ2n) is 6.14. The first-order chi connectivity index (χ1) is 11.6. The van der Waals surface area contributed by atoms with Gasteiger partial charge in [0.2, 0.25) is 0 Å². The summed E-state index contributed by atoms with van der Waals surface area (Å²) in [6.07, 6.45) is 5.63. The maximum absolute atomic E-state index is 12.0. The second-order valence-corrected chi connectivity index (χ2v) is 6.14. The highest BCUT2D eigenvalue weighted by molar-refractivity contribution is 5.84. The number of amides is 2. The van der Waals surface area contributed by atoms with Crippen molar-refractivity contribution in [3.63, 3.8) is 0 Å². The standard InChI is InChI=1S/C19H22N4O/c1-13(2)23-19(24)22-11-16(14-6-5-9-20-10-14)17-12-21-18-8-4-3-7-15(17)18/h3-10,12-13,16,21H,11H2,1-2H3,(H2,22,23,24). The lowest BCUT2D eigenvalue weighted by molar-refractivity contribution is 0.238. The molecule has 0 aliphatic carbocycles. The molecule has 24 heavy (non-hydrogen) atoms. The van der Waals surface area contributed by atoms with Gasteiger partial charge in [0.05, 0.1) is 0 Å². The van der Waals surface area contributed by atoms with Crippen molar-refractivity contribution in [1.29, 1.82) is 0 Å². The summed E-state index contributed by atoms with van der Waals surface area (Å²) in [4.78, 5) is 19.5. The van der Waals surface area contributed by atoms with Crippen LogP contribution < -0.4 is 10.6 Å². The quantitative estimate of drug-likeness (QED) is 0.674. The second kappa shape index (κ2) is 7.17. The third kappa shape index (κ3) is 3.56. The minimum absolute atomic E-state index is 0.0350. The molecule has 2 heterocycles. The molecule has 1 aromatic carbocycles. The Morgan fingerprint density at radius 3 is 2.79 bits per heavy atom. The minimum Gasteiger partial charge on any atom is -0.361 e. The summed E-state index contributed by atoms with van der Waals surface area (Å²) in [6, 6.07) is 12.1.